The zero-order chi connectivity index (χ0) is 16.0. The number of carbonyl (C=O) groups is 1. The number of carbonyl (C=O) groups excluding carboxylic acids is 1. The van der Waals surface area contributed by atoms with E-state index in [1.165, 1.54) is 0 Å². The number of ether oxygens (including phenoxy) is 1. The summed E-state index contributed by atoms with van der Waals surface area (Å²) in [5.74, 6) is 0. The number of amides is 1. The smallest absolute Gasteiger partial charge is 0.407 e. The van der Waals surface area contributed by atoms with Crippen LogP contribution in [0.4, 0.5) is 4.79 Å². The Hall–Kier alpha value is -1.56. The quantitative estimate of drug-likeness (QED) is 0.780. The van der Waals surface area contributed by atoms with Crippen LogP contribution in [0.3, 0.4) is 0 Å². The van der Waals surface area contributed by atoms with Gasteiger partial charge in [-0.05, 0) is 46.5 Å². The summed E-state index contributed by atoms with van der Waals surface area (Å²) in [5, 5.41) is 6.55. The molecule has 1 amide bonds. The minimum absolute atomic E-state index is 0.237. The number of nitrogens with zero attached hydrogens (tertiary/aromatic N) is 1. The number of alkyl carbamates (subject to hydrolysis) is 1. The zero-order valence-corrected chi connectivity index (χ0v) is 13.8. The van der Waals surface area contributed by atoms with E-state index in [1.807, 2.05) is 27.0 Å². The largest absolute Gasteiger partial charge is 0.444 e. The number of aromatic nitrogens is 2. The third-order valence-corrected chi connectivity index (χ3v) is 3.83. The van der Waals surface area contributed by atoms with Gasteiger partial charge in [-0.3, -0.25) is 0 Å². The molecule has 6 nitrogen and oxygen atoms in total. The molecule has 0 spiro atoms. The summed E-state index contributed by atoms with van der Waals surface area (Å²) in [6, 6.07) is 0.778. The van der Waals surface area contributed by atoms with Gasteiger partial charge in [-0.2, -0.15) is 0 Å². The molecular formula is C16H28N4O2. The van der Waals surface area contributed by atoms with Crippen molar-refractivity contribution >= 4 is 6.09 Å². The van der Waals surface area contributed by atoms with Crippen LogP contribution in [0.25, 0.3) is 0 Å². The lowest BCUT2D eigenvalue weighted by atomic mass is 9.91. The molecule has 1 aromatic rings. The SMILES string of the molecule is CC(C)(C)OC(=O)NC1CCC(NCCc2cnc[nH]2)CC1. The Morgan fingerprint density at radius 3 is 2.59 bits per heavy atom. The number of H-pyrrole nitrogens is 1. The second kappa shape index (κ2) is 7.63. The Morgan fingerprint density at radius 1 is 1.32 bits per heavy atom. The summed E-state index contributed by atoms with van der Waals surface area (Å²) >= 11 is 0. The third-order valence-electron chi connectivity index (χ3n) is 3.83. The molecule has 2 rings (SSSR count). The zero-order valence-electron chi connectivity index (χ0n) is 13.8. The van der Waals surface area contributed by atoms with E-state index < -0.39 is 5.60 Å². The van der Waals surface area contributed by atoms with E-state index in [1.54, 1.807) is 6.33 Å². The van der Waals surface area contributed by atoms with E-state index >= 15 is 0 Å². The minimum Gasteiger partial charge on any atom is -0.444 e. The van der Waals surface area contributed by atoms with Gasteiger partial charge in [0, 0.05) is 36.9 Å². The van der Waals surface area contributed by atoms with Crippen molar-refractivity contribution in [3.8, 4) is 0 Å². The number of hydrogen-bond donors (Lipinski definition) is 3. The lowest BCUT2D eigenvalue weighted by molar-refractivity contribution is 0.0490. The highest BCUT2D eigenvalue weighted by Gasteiger charge is 2.24. The van der Waals surface area contributed by atoms with Gasteiger partial charge in [-0.1, -0.05) is 0 Å². The minimum atomic E-state index is -0.435. The first kappa shape index (κ1) is 16.8. The van der Waals surface area contributed by atoms with Gasteiger partial charge >= 0.3 is 6.09 Å². The van der Waals surface area contributed by atoms with Crippen molar-refractivity contribution in [2.45, 2.75) is 70.6 Å². The molecule has 0 atom stereocenters. The summed E-state index contributed by atoms with van der Waals surface area (Å²) in [4.78, 5) is 18.9. The highest BCUT2D eigenvalue weighted by Crippen LogP contribution is 2.19. The molecule has 1 fully saturated rings. The maximum absolute atomic E-state index is 11.8. The Bertz CT molecular complexity index is 445. The number of nitrogens with one attached hydrogen (secondary N) is 3. The van der Waals surface area contributed by atoms with Crippen LogP contribution < -0.4 is 10.6 Å². The molecule has 1 aromatic heterocycles. The molecule has 1 aliphatic carbocycles. The molecule has 0 saturated heterocycles. The lowest BCUT2D eigenvalue weighted by Crippen LogP contribution is -2.44. The van der Waals surface area contributed by atoms with Crippen molar-refractivity contribution in [2.24, 2.45) is 0 Å². The first-order chi connectivity index (χ1) is 10.4. The maximum Gasteiger partial charge on any atom is 0.407 e. The van der Waals surface area contributed by atoms with Crippen molar-refractivity contribution in [3.05, 3.63) is 18.2 Å². The average Bonchev–Trinajstić information content (AvgIpc) is 2.92. The molecule has 0 radical (unpaired) electrons. The first-order valence-corrected chi connectivity index (χ1v) is 8.12. The van der Waals surface area contributed by atoms with Crippen molar-refractivity contribution in [2.75, 3.05) is 6.54 Å². The van der Waals surface area contributed by atoms with Crippen LogP contribution in [0, 0.1) is 0 Å². The Kier molecular flexibility index (Phi) is 5.83. The summed E-state index contributed by atoms with van der Waals surface area (Å²) in [5.41, 5.74) is 0.725. The number of aromatic amines is 1. The van der Waals surface area contributed by atoms with Gasteiger partial charge in [0.05, 0.1) is 6.33 Å². The van der Waals surface area contributed by atoms with Crippen LogP contribution in [0.2, 0.25) is 0 Å². The van der Waals surface area contributed by atoms with E-state index in [0.29, 0.717) is 6.04 Å². The first-order valence-electron chi connectivity index (χ1n) is 8.12. The Morgan fingerprint density at radius 2 is 2.00 bits per heavy atom. The number of imidazole rings is 1. The fraction of sp³-hybridized carbons (Fsp3) is 0.750. The fourth-order valence-electron chi connectivity index (χ4n) is 2.75. The van der Waals surface area contributed by atoms with E-state index in [9.17, 15) is 4.79 Å². The van der Waals surface area contributed by atoms with Crippen molar-refractivity contribution in [3.63, 3.8) is 0 Å². The molecule has 1 aliphatic rings. The Balaban J connectivity index is 1.60. The lowest BCUT2D eigenvalue weighted by Gasteiger charge is -2.30. The van der Waals surface area contributed by atoms with Gasteiger partial charge in [0.15, 0.2) is 0 Å². The summed E-state index contributed by atoms with van der Waals surface area (Å²) in [6.07, 6.45) is 8.42. The molecule has 1 saturated carbocycles. The van der Waals surface area contributed by atoms with Crippen molar-refractivity contribution < 1.29 is 9.53 Å². The molecule has 0 aromatic carbocycles. The Labute approximate surface area is 132 Å². The number of rotatable bonds is 5. The normalized spacial score (nSPS) is 22.3. The van der Waals surface area contributed by atoms with Crippen molar-refractivity contribution in [1.29, 1.82) is 0 Å². The van der Waals surface area contributed by atoms with Gasteiger partial charge in [0.25, 0.3) is 0 Å². The molecule has 0 aliphatic heterocycles. The fourth-order valence-corrected chi connectivity index (χ4v) is 2.75. The molecular weight excluding hydrogens is 280 g/mol. The maximum atomic E-state index is 11.8. The highest BCUT2D eigenvalue weighted by atomic mass is 16.6. The van der Waals surface area contributed by atoms with E-state index in [0.717, 1.165) is 44.3 Å². The standard InChI is InChI=1S/C16H28N4O2/c1-16(2,3)22-15(21)20-13-6-4-12(5-7-13)18-9-8-14-10-17-11-19-14/h10-13,18H,4-9H2,1-3H3,(H,17,19)(H,20,21). The monoisotopic (exact) mass is 308 g/mol. The summed E-state index contributed by atoms with van der Waals surface area (Å²) in [7, 11) is 0. The van der Waals surface area contributed by atoms with E-state index in [4.69, 9.17) is 4.74 Å². The van der Waals surface area contributed by atoms with Crippen molar-refractivity contribution in [1.82, 2.24) is 20.6 Å². The molecule has 0 bridgehead atoms. The summed E-state index contributed by atoms with van der Waals surface area (Å²) in [6.45, 7) is 6.60. The molecule has 124 valence electrons. The molecule has 6 heteroatoms. The van der Waals surface area contributed by atoms with Gasteiger partial charge in [0.2, 0.25) is 0 Å². The van der Waals surface area contributed by atoms with Gasteiger partial charge in [-0.25, -0.2) is 9.78 Å². The molecule has 3 N–H and O–H groups in total. The van der Waals surface area contributed by atoms with Crippen LogP contribution in [0.1, 0.15) is 52.1 Å². The van der Waals surface area contributed by atoms with Gasteiger partial charge in [-0.15, -0.1) is 0 Å². The predicted molar refractivity (Wildman–Crippen MR) is 85.7 cm³/mol. The third kappa shape index (κ3) is 6.05. The number of hydrogen-bond acceptors (Lipinski definition) is 4. The average molecular weight is 308 g/mol. The van der Waals surface area contributed by atoms with Crippen LogP contribution in [0.15, 0.2) is 12.5 Å². The van der Waals surface area contributed by atoms with Gasteiger partial charge in [0.1, 0.15) is 5.60 Å². The summed E-state index contributed by atoms with van der Waals surface area (Å²) < 4.78 is 5.30. The molecule has 22 heavy (non-hydrogen) atoms. The van der Waals surface area contributed by atoms with Gasteiger partial charge < -0.3 is 20.4 Å². The van der Waals surface area contributed by atoms with Crippen LogP contribution in [0.5, 0.6) is 0 Å². The molecule has 1 heterocycles. The second-order valence-electron chi connectivity index (χ2n) is 6.98. The highest BCUT2D eigenvalue weighted by molar-refractivity contribution is 5.68. The predicted octanol–water partition coefficient (Wildman–Crippen LogP) is 2.38. The van der Waals surface area contributed by atoms with E-state index in [2.05, 4.69) is 20.6 Å². The molecule has 0 unspecified atom stereocenters. The second-order valence-corrected chi connectivity index (χ2v) is 6.98. The van der Waals surface area contributed by atoms with Crippen LogP contribution in [-0.2, 0) is 11.2 Å². The van der Waals surface area contributed by atoms with Crippen LogP contribution in [-0.4, -0.2) is 40.3 Å². The van der Waals surface area contributed by atoms with Crippen LogP contribution >= 0.6 is 0 Å². The van der Waals surface area contributed by atoms with E-state index in [-0.39, 0.29) is 12.1 Å². The topological polar surface area (TPSA) is 79.0 Å².